The number of hydrogen-bond acceptors (Lipinski definition) is 2. The molecule has 1 heterocycles. The van der Waals surface area contributed by atoms with E-state index in [-0.39, 0.29) is 0 Å². The summed E-state index contributed by atoms with van der Waals surface area (Å²) in [5.41, 5.74) is 0.449. The van der Waals surface area contributed by atoms with Crippen LogP contribution in [0.25, 0.3) is 0 Å². The molecule has 2 atom stereocenters. The van der Waals surface area contributed by atoms with Gasteiger partial charge < -0.3 is 10.1 Å². The Labute approximate surface area is 94.8 Å². The SMILES string of the molecule is CNC(CCC(C)(C)C)C1CCCOC1. The van der Waals surface area contributed by atoms with Gasteiger partial charge in [0.05, 0.1) is 6.61 Å². The average Bonchev–Trinajstić information content (AvgIpc) is 2.19. The highest BCUT2D eigenvalue weighted by Gasteiger charge is 2.24. The molecule has 1 saturated heterocycles. The van der Waals surface area contributed by atoms with Gasteiger partial charge in [0.15, 0.2) is 0 Å². The lowest BCUT2D eigenvalue weighted by Crippen LogP contribution is -2.38. The highest BCUT2D eigenvalue weighted by atomic mass is 16.5. The third kappa shape index (κ3) is 4.98. The smallest absolute Gasteiger partial charge is 0.0509 e. The van der Waals surface area contributed by atoms with Crippen LogP contribution in [-0.4, -0.2) is 26.3 Å². The molecule has 0 amide bonds. The molecule has 1 rings (SSSR count). The first kappa shape index (κ1) is 13.0. The molecule has 1 N–H and O–H groups in total. The summed E-state index contributed by atoms with van der Waals surface area (Å²) >= 11 is 0. The summed E-state index contributed by atoms with van der Waals surface area (Å²) in [6.45, 7) is 8.87. The maximum Gasteiger partial charge on any atom is 0.0509 e. The molecule has 1 aliphatic rings. The molecule has 2 heteroatoms. The lowest BCUT2D eigenvalue weighted by Gasteiger charge is -2.32. The predicted octanol–water partition coefficient (Wildman–Crippen LogP) is 2.83. The van der Waals surface area contributed by atoms with E-state index >= 15 is 0 Å². The minimum absolute atomic E-state index is 0.449. The molecule has 0 saturated carbocycles. The summed E-state index contributed by atoms with van der Waals surface area (Å²) < 4.78 is 5.56. The van der Waals surface area contributed by atoms with Crippen molar-refractivity contribution in [3.8, 4) is 0 Å². The largest absolute Gasteiger partial charge is 0.381 e. The van der Waals surface area contributed by atoms with E-state index in [4.69, 9.17) is 4.74 Å². The van der Waals surface area contributed by atoms with Crippen molar-refractivity contribution in [2.75, 3.05) is 20.3 Å². The number of rotatable bonds is 4. The van der Waals surface area contributed by atoms with Crippen LogP contribution in [0, 0.1) is 11.3 Å². The summed E-state index contributed by atoms with van der Waals surface area (Å²) in [7, 11) is 2.09. The fourth-order valence-electron chi connectivity index (χ4n) is 2.29. The number of ether oxygens (including phenoxy) is 1. The molecule has 0 aromatic carbocycles. The number of hydrogen-bond donors (Lipinski definition) is 1. The molecular weight excluding hydrogens is 186 g/mol. The Balaban J connectivity index is 2.34. The Kier molecular flexibility index (Phi) is 5.07. The Morgan fingerprint density at radius 2 is 2.13 bits per heavy atom. The fraction of sp³-hybridized carbons (Fsp3) is 1.00. The summed E-state index contributed by atoms with van der Waals surface area (Å²) in [4.78, 5) is 0. The van der Waals surface area contributed by atoms with Crippen molar-refractivity contribution in [2.45, 2.75) is 52.5 Å². The van der Waals surface area contributed by atoms with Crippen LogP contribution < -0.4 is 5.32 Å². The molecule has 2 nitrogen and oxygen atoms in total. The van der Waals surface area contributed by atoms with Gasteiger partial charge in [-0.3, -0.25) is 0 Å². The Hall–Kier alpha value is -0.0800. The molecule has 1 aliphatic heterocycles. The second kappa shape index (κ2) is 5.86. The van der Waals surface area contributed by atoms with Crippen molar-refractivity contribution in [3.63, 3.8) is 0 Å². The maximum absolute atomic E-state index is 5.56. The van der Waals surface area contributed by atoms with E-state index in [0.29, 0.717) is 11.5 Å². The van der Waals surface area contributed by atoms with Crippen LogP contribution in [0.3, 0.4) is 0 Å². The summed E-state index contributed by atoms with van der Waals surface area (Å²) in [5.74, 6) is 0.728. The molecule has 0 aliphatic carbocycles. The minimum Gasteiger partial charge on any atom is -0.381 e. The molecule has 0 radical (unpaired) electrons. The summed E-state index contributed by atoms with van der Waals surface area (Å²) in [6, 6.07) is 0.643. The zero-order chi connectivity index (χ0) is 11.3. The Morgan fingerprint density at radius 3 is 2.60 bits per heavy atom. The molecular formula is C13H27NO. The van der Waals surface area contributed by atoms with E-state index in [1.54, 1.807) is 0 Å². The van der Waals surface area contributed by atoms with Crippen LogP contribution >= 0.6 is 0 Å². The van der Waals surface area contributed by atoms with Crippen LogP contribution in [0.5, 0.6) is 0 Å². The van der Waals surface area contributed by atoms with Crippen LogP contribution in [0.1, 0.15) is 46.5 Å². The summed E-state index contributed by atoms with van der Waals surface area (Å²) in [6.07, 6.45) is 5.12. The van der Waals surface area contributed by atoms with Gasteiger partial charge in [0.1, 0.15) is 0 Å². The van der Waals surface area contributed by atoms with Gasteiger partial charge in [-0.15, -0.1) is 0 Å². The molecule has 0 bridgehead atoms. The van der Waals surface area contributed by atoms with Crippen molar-refractivity contribution < 1.29 is 4.74 Å². The van der Waals surface area contributed by atoms with Gasteiger partial charge in [0.2, 0.25) is 0 Å². The van der Waals surface area contributed by atoms with Crippen molar-refractivity contribution in [1.82, 2.24) is 5.32 Å². The van der Waals surface area contributed by atoms with Crippen LogP contribution in [0.4, 0.5) is 0 Å². The number of nitrogens with one attached hydrogen (secondary N) is 1. The molecule has 0 aromatic heterocycles. The molecule has 15 heavy (non-hydrogen) atoms. The molecule has 1 fully saturated rings. The van der Waals surface area contributed by atoms with E-state index < -0.39 is 0 Å². The highest BCUT2D eigenvalue weighted by molar-refractivity contribution is 4.79. The lowest BCUT2D eigenvalue weighted by atomic mass is 9.84. The zero-order valence-electron chi connectivity index (χ0n) is 10.8. The van der Waals surface area contributed by atoms with Crippen LogP contribution in [0.15, 0.2) is 0 Å². The second-order valence-corrected chi connectivity index (χ2v) is 5.97. The van der Waals surface area contributed by atoms with Gasteiger partial charge >= 0.3 is 0 Å². The second-order valence-electron chi connectivity index (χ2n) is 5.97. The first-order chi connectivity index (χ1) is 7.03. The fourth-order valence-corrected chi connectivity index (χ4v) is 2.29. The van der Waals surface area contributed by atoms with Crippen molar-refractivity contribution >= 4 is 0 Å². The van der Waals surface area contributed by atoms with Gasteiger partial charge in [-0.2, -0.15) is 0 Å². The van der Waals surface area contributed by atoms with E-state index in [2.05, 4.69) is 33.1 Å². The quantitative estimate of drug-likeness (QED) is 0.775. The van der Waals surface area contributed by atoms with E-state index in [9.17, 15) is 0 Å². The predicted molar refractivity (Wildman–Crippen MR) is 65.1 cm³/mol. The van der Waals surface area contributed by atoms with Crippen molar-refractivity contribution in [2.24, 2.45) is 11.3 Å². The van der Waals surface area contributed by atoms with Gasteiger partial charge in [-0.1, -0.05) is 20.8 Å². The molecule has 0 spiro atoms. The van der Waals surface area contributed by atoms with E-state index in [1.807, 2.05) is 0 Å². The van der Waals surface area contributed by atoms with Gasteiger partial charge in [0.25, 0.3) is 0 Å². The van der Waals surface area contributed by atoms with Crippen molar-refractivity contribution in [1.29, 1.82) is 0 Å². The van der Waals surface area contributed by atoms with Crippen molar-refractivity contribution in [3.05, 3.63) is 0 Å². The van der Waals surface area contributed by atoms with Gasteiger partial charge in [-0.25, -0.2) is 0 Å². The van der Waals surface area contributed by atoms with Crippen LogP contribution in [-0.2, 0) is 4.74 Å². The monoisotopic (exact) mass is 213 g/mol. The third-order valence-electron chi connectivity index (χ3n) is 3.34. The molecule has 0 aromatic rings. The summed E-state index contributed by atoms with van der Waals surface area (Å²) in [5, 5.41) is 3.46. The Bertz CT molecular complexity index is 168. The zero-order valence-corrected chi connectivity index (χ0v) is 10.8. The van der Waals surface area contributed by atoms with Gasteiger partial charge in [0, 0.05) is 12.6 Å². The maximum atomic E-state index is 5.56. The first-order valence-electron chi connectivity index (χ1n) is 6.28. The third-order valence-corrected chi connectivity index (χ3v) is 3.34. The van der Waals surface area contributed by atoms with Gasteiger partial charge in [-0.05, 0) is 44.1 Å². The Morgan fingerprint density at radius 1 is 1.40 bits per heavy atom. The molecule has 2 unspecified atom stereocenters. The van der Waals surface area contributed by atoms with Crippen LogP contribution in [0.2, 0.25) is 0 Å². The average molecular weight is 213 g/mol. The molecule has 90 valence electrons. The highest BCUT2D eigenvalue weighted by Crippen LogP contribution is 2.26. The minimum atomic E-state index is 0.449. The standard InChI is InChI=1S/C13H27NO/c1-13(2,3)8-7-12(14-4)11-6-5-9-15-10-11/h11-12,14H,5-10H2,1-4H3. The first-order valence-corrected chi connectivity index (χ1v) is 6.28. The normalized spacial score (nSPS) is 25.2. The van der Waals surface area contributed by atoms with E-state index in [0.717, 1.165) is 19.1 Å². The topological polar surface area (TPSA) is 21.3 Å². The van der Waals surface area contributed by atoms with E-state index in [1.165, 1.54) is 25.7 Å². The lowest BCUT2D eigenvalue weighted by molar-refractivity contribution is 0.0374.